The summed E-state index contributed by atoms with van der Waals surface area (Å²) in [6, 6.07) is 0. The minimum Gasteiger partial charge on any atom is -0.481 e. The molecular weight excluding hydrogens is 228 g/mol. The molecule has 1 aromatic rings. The van der Waals surface area contributed by atoms with E-state index in [0.717, 1.165) is 11.4 Å². The summed E-state index contributed by atoms with van der Waals surface area (Å²) in [4.78, 5) is 19.9. The van der Waals surface area contributed by atoms with E-state index in [0.29, 0.717) is 0 Å². The summed E-state index contributed by atoms with van der Waals surface area (Å²) >= 11 is 0. The van der Waals surface area contributed by atoms with Crippen LogP contribution < -0.4 is 0 Å². The number of carboxylic acids is 1. The van der Waals surface area contributed by atoms with Gasteiger partial charge in [-0.15, -0.1) is 0 Å². The second-order valence-corrected chi connectivity index (χ2v) is 6.70. The van der Waals surface area contributed by atoms with Crippen LogP contribution in [0.25, 0.3) is 0 Å². The Balaban J connectivity index is 2.25. The van der Waals surface area contributed by atoms with Gasteiger partial charge in [-0.3, -0.25) is 4.79 Å². The molecule has 1 heterocycles. The third kappa shape index (κ3) is 2.00. The summed E-state index contributed by atoms with van der Waals surface area (Å²) in [5.41, 5.74) is 0.655. The number of aromatic nitrogens is 2. The van der Waals surface area contributed by atoms with Gasteiger partial charge in [0, 0.05) is 23.7 Å². The van der Waals surface area contributed by atoms with Gasteiger partial charge in [0.1, 0.15) is 5.82 Å². The van der Waals surface area contributed by atoms with Crippen molar-refractivity contribution in [1.82, 2.24) is 9.97 Å². The molecule has 18 heavy (non-hydrogen) atoms. The number of carbonyl (C=O) groups is 1. The van der Waals surface area contributed by atoms with Crippen LogP contribution in [0.15, 0.2) is 12.4 Å². The van der Waals surface area contributed by atoms with E-state index >= 15 is 0 Å². The molecule has 0 radical (unpaired) electrons. The lowest BCUT2D eigenvalue weighted by molar-refractivity contribution is -0.139. The molecule has 0 aromatic carbocycles. The van der Waals surface area contributed by atoms with Crippen LogP contribution in [0.4, 0.5) is 0 Å². The third-order valence-electron chi connectivity index (χ3n) is 3.80. The summed E-state index contributed by atoms with van der Waals surface area (Å²) in [6.07, 6.45) is 3.56. The second-order valence-electron chi connectivity index (χ2n) is 6.70. The van der Waals surface area contributed by atoms with Gasteiger partial charge in [-0.1, -0.05) is 34.6 Å². The van der Waals surface area contributed by atoms with Crippen LogP contribution in [0.3, 0.4) is 0 Å². The molecule has 1 N–H and O–H groups in total. The molecule has 1 fully saturated rings. The molecule has 1 saturated carbocycles. The molecule has 0 amide bonds. The van der Waals surface area contributed by atoms with Crippen molar-refractivity contribution in [3.63, 3.8) is 0 Å². The van der Waals surface area contributed by atoms with Crippen LogP contribution in [0.5, 0.6) is 0 Å². The van der Waals surface area contributed by atoms with Gasteiger partial charge in [-0.05, 0) is 11.0 Å². The summed E-state index contributed by atoms with van der Waals surface area (Å²) in [5.74, 6) is -0.230. The zero-order valence-electron chi connectivity index (χ0n) is 11.6. The number of hydrogen-bond acceptors (Lipinski definition) is 3. The first-order valence-electron chi connectivity index (χ1n) is 6.21. The predicted octanol–water partition coefficient (Wildman–Crippen LogP) is 2.60. The van der Waals surface area contributed by atoms with Crippen molar-refractivity contribution in [3.05, 3.63) is 23.8 Å². The van der Waals surface area contributed by atoms with Gasteiger partial charge >= 0.3 is 5.97 Å². The Morgan fingerprint density at radius 1 is 1.28 bits per heavy atom. The largest absolute Gasteiger partial charge is 0.481 e. The minimum absolute atomic E-state index is 0.0315. The zero-order chi connectivity index (χ0) is 13.7. The molecule has 0 saturated heterocycles. The van der Waals surface area contributed by atoms with Crippen molar-refractivity contribution >= 4 is 5.97 Å². The third-order valence-corrected chi connectivity index (χ3v) is 3.80. The van der Waals surface area contributed by atoms with Crippen molar-refractivity contribution < 1.29 is 9.90 Å². The summed E-state index contributed by atoms with van der Waals surface area (Å²) in [6.45, 7) is 10.1. The molecule has 2 rings (SSSR count). The normalized spacial score (nSPS) is 25.8. The van der Waals surface area contributed by atoms with Gasteiger partial charge in [-0.2, -0.15) is 0 Å². The van der Waals surface area contributed by atoms with Crippen LogP contribution in [0.1, 0.15) is 51.9 Å². The summed E-state index contributed by atoms with van der Waals surface area (Å²) in [7, 11) is 0. The average molecular weight is 248 g/mol. The Morgan fingerprint density at radius 2 is 1.78 bits per heavy atom. The summed E-state index contributed by atoms with van der Waals surface area (Å²) in [5, 5.41) is 9.16. The van der Waals surface area contributed by atoms with Gasteiger partial charge in [0.05, 0.1) is 5.92 Å². The number of aliphatic carboxylic acids is 1. The first-order chi connectivity index (χ1) is 8.15. The first kappa shape index (κ1) is 13.0. The number of nitrogens with zero attached hydrogens (tertiary/aromatic N) is 2. The van der Waals surface area contributed by atoms with E-state index in [-0.39, 0.29) is 22.7 Å². The lowest BCUT2D eigenvalue weighted by atomic mass is 9.95. The zero-order valence-corrected chi connectivity index (χ0v) is 11.6. The molecule has 0 aliphatic heterocycles. The highest BCUT2D eigenvalue weighted by molar-refractivity contribution is 5.77. The maximum Gasteiger partial charge on any atom is 0.307 e. The molecule has 0 bridgehead atoms. The van der Waals surface area contributed by atoms with E-state index in [1.54, 1.807) is 12.4 Å². The Hall–Kier alpha value is -1.45. The van der Waals surface area contributed by atoms with Gasteiger partial charge in [0.25, 0.3) is 0 Å². The van der Waals surface area contributed by atoms with Crippen LogP contribution >= 0.6 is 0 Å². The molecule has 4 nitrogen and oxygen atoms in total. The van der Waals surface area contributed by atoms with E-state index < -0.39 is 5.97 Å². The minimum atomic E-state index is -0.732. The van der Waals surface area contributed by atoms with Crippen molar-refractivity contribution in [1.29, 1.82) is 0 Å². The standard InChI is InChI=1S/C14H20N2O2/c1-13(2,3)12-15-6-8(7-16-12)9-10(11(17)18)14(9,4)5/h6-7,9-10H,1-5H3,(H,17,18)/t9-,10+/m0/s1. The highest BCUT2D eigenvalue weighted by atomic mass is 16.4. The van der Waals surface area contributed by atoms with Crippen LogP contribution in [0.2, 0.25) is 0 Å². The fourth-order valence-corrected chi connectivity index (χ4v) is 2.61. The average Bonchev–Trinajstić information content (AvgIpc) is 2.80. The van der Waals surface area contributed by atoms with E-state index in [9.17, 15) is 4.79 Å². The maximum absolute atomic E-state index is 11.1. The molecule has 98 valence electrons. The molecule has 1 aromatic heterocycles. The Kier molecular flexibility index (Phi) is 2.72. The Bertz CT molecular complexity index is 472. The van der Waals surface area contributed by atoms with Crippen molar-refractivity contribution in [2.24, 2.45) is 11.3 Å². The van der Waals surface area contributed by atoms with E-state index in [1.165, 1.54) is 0 Å². The molecule has 0 spiro atoms. The predicted molar refractivity (Wildman–Crippen MR) is 68.4 cm³/mol. The molecule has 1 aliphatic carbocycles. The van der Waals surface area contributed by atoms with E-state index in [2.05, 4.69) is 30.7 Å². The van der Waals surface area contributed by atoms with Gasteiger partial charge in [0.2, 0.25) is 0 Å². The smallest absolute Gasteiger partial charge is 0.307 e. The van der Waals surface area contributed by atoms with Crippen LogP contribution in [0, 0.1) is 11.3 Å². The van der Waals surface area contributed by atoms with Crippen molar-refractivity contribution in [3.8, 4) is 0 Å². The quantitative estimate of drug-likeness (QED) is 0.873. The number of carboxylic acid groups (broad SMARTS) is 1. The van der Waals surface area contributed by atoms with Crippen LogP contribution in [-0.2, 0) is 10.2 Å². The lowest BCUT2D eigenvalue weighted by Crippen LogP contribution is -2.15. The van der Waals surface area contributed by atoms with E-state index in [1.807, 2.05) is 13.8 Å². The summed E-state index contributed by atoms with van der Waals surface area (Å²) < 4.78 is 0. The van der Waals surface area contributed by atoms with Gasteiger partial charge in [0.15, 0.2) is 0 Å². The lowest BCUT2D eigenvalue weighted by Gasteiger charge is -2.16. The first-order valence-corrected chi connectivity index (χ1v) is 6.21. The highest BCUT2D eigenvalue weighted by Gasteiger charge is 2.62. The fourth-order valence-electron chi connectivity index (χ4n) is 2.61. The molecule has 1 aliphatic rings. The fraction of sp³-hybridized carbons (Fsp3) is 0.643. The molecule has 4 heteroatoms. The van der Waals surface area contributed by atoms with Crippen LogP contribution in [-0.4, -0.2) is 21.0 Å². The van der Waals surface area contributed by atoms with Gasteiger partial charge in [-0.25, -0.2) is 9.97 Å². The highest BCUT2D eigenvalue weighted by Crippen LogP contribution is 2.64. The Morgan fingerprint density at radius 3 is 2.11 bits per heavy atom. The molecule has 0 unspecified atom stereocenters. The van der Waals surface area contributed by atoms with Gasteiger partial charge < -0.3 is 5.11 Å². The van der Waals surface area contributed by atoms with E-state index in [4.69, 9.17) is 5.11 Å². The molecule has 2 atom stereocenters. The monoisotopic (exact) mass is 248 g/mol. The topological polar surface area (TPSA) is 63.1 Å². The Labute approximate surface area is 107 Å². The maximum atomic E-state index is 11.1. The van der Waals surface area contributed by atoms with Crippen molar-refractivity contribution in [2.75, 3.05) is 0 Å². The second kappa shape index (κ2) is 3.77. The number of rotatable bonds is 2. The molecular formula is C14H20N2O2. The van der Waals surface area contributed by atoms with Crippen molar-refractivity contribution in [2.45, 2.75) is 46.0 Å². The SMILES string of the molecule is CC(C)(C)c1ncc([C@H]2[C@H](C(=O)O)C2(C)C)cn1. The number of hydrogen-bond donors (Lipinski definition) is 1.